The highest BCUT2D eigenvalue weighted by Crippen LogP contribution is 2.32. The van der Waals surface area contributed by atoms with E-state index in [0.717, 1.165) is 0 Å². The van der Waals surface area contributed by atoms with Crippen LogP contribution < -0.4 is 5.56 Å². The second kappa shape index (κ2) is 5.59. The summed E-state index contributed by atoms with van der Waals surface area (Å²) in [6, 6.07) is 14.3. The third-order valence-corrected chi connectivity index (χ3v) is 4.25. The predicted octanol–water partition coefficient (Wildman–Crippen LogP) is 2.96. The van der Waals surface area contributed by atoms with E-state index in [1.165, 1.54) is 22.9 Å². The van der Waals surface area contributed by atoms with E-state index in [2.05, 4.69) is 0 Å². The van der Waals surface area contributed by atoms with Crippen molar-refractivity contribution in [1.29, 1.82) is 0 Å². The fourth-order valence-electron chi connectivity index (χ4n) is 3.05. The Morgan fingerprint density at radius 2 is 1.76 bits per heavy atom. The van der Waals surface area contributed by atoms with Gasteiger partial charge in [-0.3, -0.25) is 9.59 Å². The van der Waals surface area contributed by atoms with Crippen molar-refractivity contribution in [2.24, 2.45) is 0 Å². The fraction of sp³-hybridized carbons (Fsp3) is 0.0526. The molecule has 0 fully saturated rings. The summed E-state index contributed by atoms with van der Waals surface area (Å²) in [5, 5.41) is 11.1. The molecule has 0 aliphatic carbocycles. The van der Waals surface area contributed by atoms with Crippen molar-refractivity contribution in [1.82, 2.24) is 9.20 Å². The summed E-state index contributed by atoms with van der Waals surface area (Å²) in [6.07, 6.45) is 0.473. The van der Waals surface area contributed by atoms with Crippen LogP contribution in [-0.4, -0.2) is 20.6 Å². The number of carbonyl (C=O) groups is 1. The van der Waals surface area contributed by atoms with Gasteiger partial charge in [0, 0.05) is 5.39 Å². The molecule has 1 N–H and O–H groups in total. The number of para-hydroxylation sites is 1. The van der Waals surface area contributed by atoms with Gasteiger partial charge in [-0.05, 0) is 35.9 Å². The van der Waals surface area contributed by atoms with E-state index in [9.17, 15) is 19.1 Å². The molecule has 25 heavy (non-hydrogen) atoms. The van der Waals surface area contributed by atoms with Crippen molar-refractivity contribution in [2.75, 3.05) is 0 Å². The van der Waals surface area contributed by atoms with Crippen molar-refractivity contribution in [3.63, 3.8) is 0 Å². The van der Waals surface area contributed by atoms with Crippen LogP contribution in [0.4, 0.5) is 4.39 Å². The lowest BCUT2D eigenvalue weighted by Gasteiger charge is -2.12. The lowest BCUT2D eigenvalue weighted by molar-refractivity contribution is 0.112. The molecule has 0 bridgehead atoms. The third-order valence-electron chi connectivity index (χ3n) is 4.25. The molecule has 0 amide bonds. The van der Waals surface area contributed by atoms with Gasteiger partial charge in [-0.25, -0.2) is 13.6 Å². The van der Waals surface area contributed by atoms with Crippen LogP contribution in [0, 0.1) is 5.82 Å². The van der Waals surface area contributed by atoms with E-state index < -0.39 is 5.56 Å². The van der Waals surface area contributed by atoms with Crippen LogP contribution in [0.25, 0.3) is 16.4 Å². The summed E-state index contributed by atoms with van der Waals surface area (Å²) in [7, 11) is 0. The van der Waals surface area contributed by atoms with Gasteiger partial charge < -0.3 is 5.11 Å². The van der Waals surface area contributed by atoms with Crippen LogP contribution in [0.5, 0.6) is 5.75 Å². The molecule has 0 spiro atoms. The standard InChI is InChI=1S/C19H13FN2O3/c20-14-7-5-12(6-8-14)10-21-19(25)13(11-23)9-17-18(24)15-3-1-2-4-16(15)22(17)21/h1-9,11,24H,10H2. The summed E-state index contributed by atoms with van der Waals surface area (Å²) in [4.78, 5) is 24.0. The molecular weight excluding hydrogens is 323 g/mol. The Morgan fingerprint density at radius 1 is 1.04 bits per heavy atom. The van der Waals surface area contributed by atoms with Gasteiger partial charge >= 0.3 is 0 Å². The number of aromatic hydroxyl groups is 1. The monoisotopic (exact) mass is 336 g/mol. The van der Waals surface area contributed by atoms with E-state index in [1.54, 1.807) is 40.9 Å². The first-order valence-electron chi connectivity index (χ1n) is 7.66. The number of hydrogen-bond acceptors (Lipinski definition) is 3. The predicted molar refractivity (Wildman–Crippen MR) is 91.7 cm³/mol. The Bertz CT molecular complexity index is 1170. The second-order valence-electron chi connectivity index (χ2n) is 5.77. The largest absolute Gasteiger partial charge is 0.505 e. The number of nitrogens with zero attached hydrogens (tertiary/aromatic N) is 2. The molecule has 124 valence electrons. The van der Waals surface area contributed by atoms with Crippen molar-refractivity contribution >= 4 is 22.7 Å². The van der Waals surface area contributed by atoms with Crippen LogP contribution >= 0.6 is 0 Å². The zero-order valence-corrected chi connectivity index (χ0v) is 13.0. The van der Waals surface area contributed by atoms with E-state index in [0.29, 0.717) is 28.3 Å². The van der Waals surface area contributed by atoms with Crippen molar-refractivity contribution < 1.29 is 14.3 Å². The highest BCUT2D eigenvalue weighted by Gasteiger charge is 2.17. The Labute approximate surface area is 141 Å². The Kier molecular flexibility index (Phi) is 3.39. The molecule has 4 aromatic rings. The lowest BCUT2D eigenvalue weighted by Crippen LogP contribution is -2.29. The van der Waals surface area contributed by atoms with Gasteiger partial charge in [0.2, 0.25) is 0 Å². The number of benzene rings is 2. The van der Waals surface area contributed by atoms with Crippen LogP contribution in [0.15, 0.2) is 59.4 Å². The quantitative estimate of drug-likeness (QED) is 0.585. The van der Waals surface area contributed by atoms with Gasteiger partial charge in [0.1, 0.15) is 11.3 Å². The summed E-state index contributed by atoms with van der Waals surface area (Å²) < 4.78 is 16.1. The maximum Gasteiger partial charge on any atom is 0.276 e. The minimum Gasteiger partial charge on any atom is -0.505 e. The maximum atomic E-state index is 13.1. The average molecular weight is 336 g/mol. The summed E-state index contributed by atoms with van der Waals surface area (Å²) in [6.45, 7) is 0.134. The molecule has 2 aromatic carbocycles. The molecule has 5 nitrogen and oxygen atoms in total. The molecule has 6 heteroatoms. The van der Waals surface area contributed by atoms with Gasteiger partial charge in [-0.15, -0.1) is 0 Å². The van der Waals surface area contributed by atoms with Gasteiger partial charge in [-0.2, -0.15) is 0 Å². The summed E-state index contributed by atoms with van der Waals surface area (Å²) in [5.41, 5.74) is 1.18. The SMILES string of the molecule is O=Cc1cc2c(O)c3ccccc3n2n(Cc2ccc(F)cc2)c1=O. The van der Waals surface area contributed by atoms with Crippen LogP contribution in [0.2, 0.25) is 0 Å². The number of rotatable bonds is 3. The Balaban J connectivity index is 2.08. The number of aromatic nitrogens is 2. The molecule has 2 heterocycles. The van der Waals surface area contributed by atoms with Gasteiger partial charge in [-0.1, -0.05) is 24.3 Å². The molecule has 4 rings (SSSR count). The van der Waals surface area contributed by atoms with Crippen LogP contribution in [-0.2, 0) is 6.54 Å². The maximum absolute atomic E-state index is 13.1. The normalized spacial score (nSPS) is 11.2. The van der Waals surface area contributed by atoms with Crippen molar-refractivity contribution in [2.45, 2.75) is 6.54 Å². The Hall–Kier alpha value is -3.41. The number of aldehydes is 1. The minimum atomic E-state index is -0.479. The van der Waals surface area contributed by atoms with E-state index in [1.807, 2.05) is 0 Å². The minimum absolute atomic E-state index is 0.00607. The molecule has 0 saturated heterocycles. The fourth-order valence-corrected chi connectivity index (χ4v) is 3.05. The van der Waals surface area contributed by atoms with E-state index in [-0.39, 0.29) is 23.7 Å². The number of halogens is 1. The first kappa shape index (κ1) is 15.1. The van der Waals surface area contributed by atoms with Gasteiger partial charge in [0.25, 0.3) is 5.56 Å². The lowest BCUT2D eigenvalue weighted by atomic mass is 10.2. The molecule has 0 aliphatic rings. The third kappa shape index (κ3) is 2.30. The highest BCUT2D eigenvalue weighted by molar-refractivity contribution is 5.96. The number of carbonyl (C=O) groups excluding carboxylic acids is 1. The molecule has 0 unspecified atom stereocenters. The zero-order valence-electron chi connectivity index (χ0n) is 13.0. The molecule has 0 aliphatic heterocycles. The molecule has 0 radical (unpaired) electrons. The smallest absolute Gasteiger partial charge is 0.276 e. The first-order valence-corrected chi connectivity index (χ1v) is 7.66. The average Bonchev–Trinajstić information content (AvgIpc) is 2.91. The summed E-state index contributed by atoms with van der Waals surface area (Å²) >= 11 is 0. The first-order chi connectivity index (χ1) is 12.1. The van der Waals surface area contributed by atoms with Crippen molar-refractivity contribution in [3.05, 3.63) is 81.9 Å². The molecule has 0 atom stereocenters. The second-order valence-corrected chi connectivity index (χ2v) is 5.77. The topological polar surface area (TPSA) is 63.7 Å². The van der Waals surface area contributed by atoms with E-state index in [4.69, 9.17) is 0 Å². The molecule has 0 saturated carbocycles. The number of fused-ring (bicyclic) bond motifs is 3. The van der Waals surface area contributed by atoms with Gasteiger partial charge in [0.15, 0.2) is 12.0 Å². The summed E-state index contributed by atoms with van der Waals surface area (Å²) in [5.74, 6) is -0.362. The van der Waals surface area contributed by atoms with Crippen molar-refractivity contribution in [3.8, 4) is 5.75 Å². The number of hydrogen-bond donors (Lipinski definition) is 1. The van der Waals surface area contributed by atoms with Crippen LogP contribution in [0.1, 0.15) is 15.9 Å². The van der Waals surface area contributed by atoms with Gasteiger partial charge in [0.05, 0.1) is 17.6 Å². The van der Waals surface area contributed by atoms with E-state index >= 15 is 0 Å². The molecule has 2 aromatic heterocycles. The molecular formula is C19H13FN2O3. The Morgan fingerprint density at radius 3 is 2.48 bits per heavy atom. The highest BCUT2D eigenvalue weighted by atomic mass is 19.1. The zero-order chi connectivity index (χ0) is 17.6. The van der Waals surface area contributed by atoms with Crippen LogP contribution in [0.3, 0.4) is 0 Å².